The van der Waals surface area contributed by atoms with Gasteiger partial charge in [-0.05, 0) is 61.9 Å². The number of carbonyl (C=O) groups excluding carboxylic acids is 1. The van der Waals surface area contributed by atoms with Gasteiger partial charge in [-0.2, -0.15) is 10.2 Å². The molecule has 0 saturated heterocycles. The molecule has 1 N–H and O–H groups in total. The lowest BCUT2D eigenvalue weighted by atomic mass is 10.2. The van der Waals surface area contributed by atoms with Crippen molar-refractivity contribution in [3.8, 4) is 17.2 Å². The second kappa shape index (κ2) is 10.5. The summed E-state index contributed by atoms with van der Waals surface area (Å²) in [6.07, 6.45) is 1.56. The Bertz CT molecular complexity index is 1330. The Morgan fingerprint density at radius 3 is 2.46 bits per heavy atom. The standard InChI is InChI=1S/C25H26ClN5O4/c1-16-24(17(2)30(29-16)14-18-5-10-22(33-3)23(13-18)34-4)28-25(32)21-11-12-27-31(21)15-35-20-8-6-19(26)7-9-20/h5-13H,14-15H2,1-4H3,(H,28,32). The fraction of sp³-hybridized carbons (Fsp3) is 0.240. The summed E-state index contributed by atoms with van der Waals surface area (Å²) in [6, 6.07) is 14.3. The van der Waals surface area contributed by atoms with E-state index in [-0.39, 0.29) is 12.6 Å². The summed E-state index contributed by atoms with van der Waals surface area (Å²) in [5.41, 5.74) is 3.55. The first-order chi connectivity index (χ1) is 16.9. The van der Waals surface area contributed by atoms with E-state index in [0.29, 0.717) is 45.9 Å². The van der Waals surface area contributed by atoms with E-state index >= 15 is 0 Å². The SMILES string of the molecule is COc1ccc(Cn2nc(C)c(NC(=O)c3ccnn3COc3ccc(Cl)cc3)c2C)cc1OC. The lowest BCUT2D eigenvalue weighted by molar-refractivity contribution is 0.100. The highest BCUT2D eigenvalue weighted by Crippen LogP contribution is 2.29. The average molecular weight is 496 g/mol. The maximum Gasteiger partial charge on any atom is 0.274 e. The summed E-state index contributed by atoms with van der Waals surface area (Å²) >= 11 is 5.91. The van der Waals surface area contributed by atoms with Crippen molar-refractivity contribution in [1.29, 1.82) is 0 Å². The fourth-order valence-corrected chi connectivity index (χ4v) is 3.78. The molecule has 0 unspecified atom stereocenters. The molecule has 2 aromatic heterocycles. The smallest absolute Gasteiger partial charge is 0.274 e. The number of hydrogen-bond donors (Lipinski definition) is 1. The summed E-state index contributed by atoms with van der Waals surface area (Å²) < 4.78 is 19.8. The normalized spacial score (nSPS) is 10.8. The van der Waals surface area contributed by atoms with Gasteiger partial charge in [-0.15, -0.1) is 0 Å². The zero-order chi connectivity index (χ0) is 24.9. The molecule has 0 aliphatic carbocycles. The Balaban J connectivity index is 1.47. The highest BCUT2D eigenvalue weighted by atomic mass is 35.5. The molecule has 4 aromatic rings. The quantitative estimate of drug-likeness (QED) is 0.361. The molecular weight excluding hydrogens is 470 g/mol. The molecule has 2 aromatic carbocycles. The first kappa shape index (κ1) is 24.2. The predicted molar refractivity (Wildman–Crippen MR) is 133 cm³/mol. The first-order valence-corrected chi connectivity index (χ1v) is 11.2. The van der Waals surface area contributed by atoms with Crippen LogP contribution < -0.4 is 19.5 Å². The molecule has 4 rings (SSSR count). The molecule has 0 fully saturated rings. The molecule has 2 heterocycles. The van der Waals surface area contributed by atoms with Crippen molar-refractivity contribution < 1.29 is 19.0 Å². The summed E-state index contributed by atoms with van der Waals surface area (Å²) in [7, 11) is 3.20. The summed E-state index contributed by atoms with van der Waals surface area (Å²) in [6.45, 7) is 4.36. The Hall–Kier alpha value is -3.98. The third kappa shape index (κ3) is 5.41. The van der Waals surface area contributed by atoms with Crippen LogP contribution in [-0.4, -0.2) is 39.7 Å². The number of nitrogens with zero attached hydrogens (tertiary/aromatic N) is 4. The zero-order valence-electron chi connectivity index (χ0n) is 19.9. The van der Waals surface area contributed by atoms with Gasteiger partial charge in [-0.25, -0.2) is 4.68 Å². The van der Waals surface area contributed by atoms with Crippen LogP contribution in [0.5, 0.6) is 17.2 Å². The number of aryl methyl sites for hydroxylation is 1. The number of carbonyl (C=O) groups is 1. The van der Waals surface area contributed by atoms with Gasteiger partial charge in [0.05, 0.1) is 37.8 Å². The minimum atomic E-state index is -0.306. The van der Waals surface area contributed by atoms with Crippen molar-refractivity contribution in [2.45, 2.75) is 27.1 Å². The van der Waals surface area contributed by atoms with Gasteiger partial charge < -0.3 is 19.5 Å². The fourth-order valence-electron chi connectivity index (χ4n) is 3.66. The maximum absolute atomic E-state index is 13.1. The van der Waals surface area contributed by atoms with E-state index in [2.05, 4.69) is 15.5 Å². The molecule has 0 spiro atoms. The molecule has 0 aliphatic heterocycles. The van der Waals surface area contributed by atoms with E-state index in [4.69, 9.17) is 25.8 Å². The average Bonchev–Trinajstić information content (AvgIpc) is 3.43. The van der Waals surface area contributed by atoms with E-state index in [1.807, 2.05) is 36.7 Å². The van der Waals surface area contributed by atoms with Gasteiger partial charge in [-0.3, -0.25) is 9.48 Å². The van der Waals surface area contributed by atoms with Crippen molar-refractivity contribution >= 4 is 23.2 Å². The second-order valence-corrected chi connectivity index (χ2v) is 8.23. The third-order valence-electron chi connectivity index (χ3n) is 5.52. The topological polar surface area (TPSA) is 92.4 Å². The number of benzene rings is 2. The van der Waals surface area contributed by atoms with Gasteiger partial charge in [-0.1, -0.05) is 17.7 Å². The molecule has 0 radical (unpaired) electrons. The number of aromatic nitrogens is 4. The van der Waals surface area contributed by atoms with Crippen LogP contribution in [-0.2, 0) is 13.3 Å². The number of anilines is 1. The van der Waals surface area contributed by atoms with Crippen LogP contribution in [0.4, 0.5) is 5.69 Å². The Labute approximate surface area is 208 Å². The second-order valence-electron chi connectivity index (χ2n) is 7.79. The summed E-state index contributed by atoms with van der Waals surface area (Å²) in [5, 5.41) is 12.4. The number of hydrogen-bond acceptors (Lipinski definition) is 6. The number of methoxy groups -OCH3 is 2. The molecular formula is C25H26ClN5O4. The van der Waals surface area contributed by atoms with E-state index in [0.717, 1.165) is 11.3 Å². The van der Waals surface area contributed by atoms with Gasteiger partial charge in [0, 0.05) is 11.2 Å². The Morgan fingerprint density at radius 1 is 1.00 bits per heavy atom. The molecule has 0 saturated carbocycles. The van der Waals surface area contributed by atoms with Crippen LogP contribution >= 0.6 is 11.6 Å². The lowest BCUT2D eigenvalue weighted by Gasteiger charge is -2.11. The number of ether oxygens (including phenoxy) is 3. The van der Waals surface area contributed by atoms with Gasteiger partial charge in [0.2, 0.25) is 0 Å². The Kier molecular flexibility index (Phi) is 7.26. The summed E-state index contributed by atoms with van der Waals surface area (Å²) in [5.74, 6) is 1.63. The van der Waals surface area contributed by atoms with Crippen molar-refractivity contribution in [2.24, 2.45) is 0 Å². The van der Waals surface area contributed by atoms with Crippen molar-refractivity contribution in [1.82, 2.24) is 19.6 Å². The van der Waals surface area contributed by atoms with Gasteiger partial charge in [0.1, 0.15) is 11.4 Å². The molecule has 9 nitrogen and oxygen atoms in total. The van der Waals surface area contributed by atoms with Crippen molar-refractivity contribution in [3.63, 3.8) is 0 Å². The summed E-state index contributed by atoms with van der Waals surface area (Å²) in [4.78, 5) is 13.1. The molecule has 0 aliphatic rings. The van der Waals surface area contributed by atoms with Crippen LogP contribution in [0.15, 0.2) is 54.7 Å². The number of halogens is 1. The maximum atomic E-state index is 13.1. The predicted octanol–water partition coefficient (Wildman–Crippen LogP) is 4.70. The largest absolute Gasteiger partial charge is 0.493 e. The van der Waals surface area contributed by atoms with Crippen LogP contribution in [0.2, 0.25) is 5.02 Å². The highest BCUT2D eigenvalue weighted by Gasteiger charge is 2.19. The van der Waals surface area contributed by atoms with E-state index in [1.54, 1.807) is 50.7 Å². The lowest BCUT2D eigenvalue weighted by Crippen LogP contribution is -2.20. The van der Waals surface area contributed by atoms with Gasteiger partial charge >= 0.3 is 0 Å². The molecule has 10 heteroatoms. The molecule has 1 amide bonds. The van der Waals surface area contributed by atoms with E-state index in [9.17, 15) is 4.79 Å². The van der Waals surface area contributed by atoms with Gasteiger partial charge in [0.15, 0.2) is 18.2 Å². The van der Waals surface area contributed by atoms with Gasteiger partial charge in [0.25, 0.3) is 5.91 Å². The van der Waals surface area contributed by atoms with E-state index in [1.165, 1.54) is 4.68 Å². The number of rotatable bonds is 9. The molecule has 35 heavy (non-hydrogen) atoms. The minimum absolute atomic E-state index is 0.0773. The zero-order valence-corrected chi connectivity index (χ0v) is 20.7. The van der Waals surface area contributed by atoms with Crippen molar-refractivity contribution in [2.75, 3.05) is 19.5 Å². The van der Waals surface area contributed by atoms with Crippen LogP contribution in [0.1, 0.15) is 27.4 Å². The molecule has 182 valence electrons. The van der Waals surface area contributed by atoms with Crippen molar-refractivity contribution in [3.05, 3.63) is 82.4 Å². The highest BCUT2D eigenvalue weighted by molar-refractivity contribution is 6.30. The molecule has 0 bridgehead atoms. The molecule has 0 atom stereocenters. The van der Waals surface area contributed by atoms with E-state index < -0.39 is 0 Å². The number of nitrogens with one attached hydrogen (secondary N) is 1. The van der Waals surface area contributed by atoms with Crippen LogP contribution in [0, 0.1) is 13.8 Å². The number of amides is 1. The van der Waals surface area contributed by atoms with Crippen LogP contribution in [0.3, 0.4) is 0 Å². The minimum Gasteiger partial charge on any atom is -0.493 e. The third-order valence-corrected chi connectivity index (χ3v) is 5.77. The Morgan fingerprint density at radius 2 is 1.74 bits per heavy atom. The first-order valence-electron chi connectivity index (χ1n) is 10.9. The van der Waals surface area contributed by atoms with Crippen LogP contribution in [0.25, 0.3) is 0 Å². The monoisotopic (exact) mass is 495 g/mol.